The highest BCUT2D eigenvalue weighted by Crippen LogP contribution is 1.86. The van der Waals surface area contributed by atoms with Crippen LogP contribution in [-0.4, -0.2) is 41.0 Å². The minimum absolute atomic E-state index is 0.516. The van der Waals surface area contributed by atoms with E-state index in [1.54, 1.807) is 10.9 Å². The number of hydrazone groups is 2. The number of amides is 4. The lowest BCUT2D eigenvalue weighted by Gasteiger charge is -2.23. The Morgan fingerprint density at radius 2 is 1.62 bits per heavy atom. The molecule has 0 rings (SSSR count). The monoisotopic (exact) mass is 232 g/mol. The molecule has 4 amide bonds. The molecule has 0 saturated heterocycles. The molecule has 16 heavy (non-hydrogen) atoms. The molecule has 11 heteroatoms. The molecule has 0 heterocycles. The van der Waals surface area contributed by atoms with Crippen molar-refractivity contribution in [2.75, 3.05) is 0 Å². The SMILES string of the molecule is NC(=O)N/N=C/C(/C=N/NC(N)=O)N([O-])O. The fourth-order valence-corrected chi connectivity index (χ4v) is 0.507. The third kappa shape index (κ3) is 7.19. The second-order valence-corrected chi connectivity index (χ2v) is 2.30. The molecule has 0 fully saturated rings. The summed E-state index contributed by atoms with van der Waals surface area (Å²) in [4.78, 5) is 20.4. The molecule has 0 aliphatic rings. The summed E-state index contributed by atoms with van der Waals surface area (Å²) in [6.07, 6.45) is 1.65. The summed E-state index contributed by atoms with van der Waals surface area (Å²) in [5.41, 5.74) is 12.9. The van der Waals surface area contributed by atoms with E-state index >= 15 is 0 Å². The van der Waals surface area contributed by atoms with E-state index in [0.29, 0.717) is 0 Å². The lowest BCUT2D eigenvalue weighted by atomic mass is 10.4. The van der Waals surface area contributed by atoms with Crippen LogP contribution in [0.15, 0.2) is 10.2 Å². The molecule has 0 atom stereocenters. The number of carbonyl (C=O) groups excluding carboxylic acids is 2. The molecule has 7 N–H and O–H groups in total. The van der Waals surface area contributed by atoms with Crippen molar-refractivity contribution in [3.05, 3.63) is 5.21 Å². The first-order valence-electron chi connectivity index (χ1n) is 3.76. The standard InChI is InChI=1S/C5H10N7O4/c6-4(13)10-8-1-3(12(15)16)2-9-11-5(7)14/h1-3,15H,(H3,6,10,13)(H3,7,11,14)/q-1/b8-1+,9-2+. The zero-order chi connectivity index (χ0) is 12.6. The van der Waals surface area contributed by atoms with Gasteiger partial charge in [-0.15, -0.1) is 0 Å². The Bertz CT molecular complexity index is 275. The van der Waals surface area contributed by atoms with Crippen LogP contribution in [0.25, 0.3) is 0 Å². The van der Waals surface area contributed by atoms with Gasteiger partial charge < -0.3 is 21.9 Å². The van der Waals surface area contributed by atoms with Gasteiger partial charge in [0.2, 0.25) is 0 Å². The van der Waals surface area contributed by atoms with Gasteiger partial charge in [-0.3, -0.25) is 5.23 Å². The number of hydrogen-bond acceptors (Lipinski definition) is 7. The molecule has 0 spiro atoms. The Balaban J connectivity index is 4.27. The summed E-state index contributed by atoms with van der Waals surface area (Å²) >= 11 is 0. The lowest BCUT2D eigenvalue weighted by Crippen LogP contribution is -2.34. The summed E-state index contributed by atoms with van der Waals surface area (Å²) in [5, 5.41) is 24.9. The molecule has 0 aromatic heterocycles. The molecule has 0 saturated carbocycles. The van der Waals surface area contributed by atoms with E-state index in [1.807, 2.05) is 0 Å². The highest BCUT2D eigenvalue weighted by Gasteiger charge is 2.02. The van der Waals surface area contributed by atoms with Crippen molar-refractivity contribution in [2.24, 2.45) is 21.7 Å². The van der Waals surface area contributed by atoms with Crippen molar-refractivity contribution in [1.29, 1.82) is 0 Å². The van der Waals surface area contributed by atoms with E-state index in [1.165, 1.54) is 0 Å². The molecule has 0 aliphatic carbocycles. The quantitative estimate of drug-likeness (QED) is 0.267. The van der Waals surface area contributed by atoms with Crippen LogP contribution >= 0.6 is 0 Å². The number of urea groups is 2. The normalized spacial score (nSPS) is 11.5. The summed E-state index contributed by atoms with van der Waals surface area (Å²) in [7, 11) is 0. The van der Waals surface area contributed by atoms with E-state index < -0.39 is 23.3 Å². The first kappa shape index (κ1) is 13.8. The maximum atomic E-state index is 10.5. The molecular formula is C5H10N7O4-. The van der Waals surface area contributed by atoms with Crippen LogP contribution in [0, 0.1) is 5.21 Å². The third-order valence-electron chi connectivity index (χ3n) is 1.06. The number of nitrogens with zero attached hydrogens (tertiary/aromatic N) is 3. The Hall–Kier alpha value is -2.24. The molecule has 0 radical (unpaired) electrons. The predicted molar refractivity (Wildman–Crippen MR) is 53.2 cm³/mol. The predicted octanol–water partition coefficient (Wildman–Crippen LogP) is -2.15. The van der Waals surface area contributed by atoms with Crippen LogP contribution in [0.1, 0.15) is 0 Å². The van der Waals surface area contributed by atoms with E-state index in [2.05, 4.69) is 21.7 Å². The van der Waals surface area contributed by atoms with Gasteiger partial charge in [-0.25, -0.2) is 20.4 Å². The van der Waals surface area contributed by atoms with Crippen LogP contribution in [0.2, 0.25) is 0 Å². The Morgan fingerprint density at radius 3 is 1.88 bits per heavy atom. The van der Waals surface area contributed by atoms with Gasteiger partial charge >= 0.3 is 12.1 Å². The molecular weight excluding hydrogens is 222 g/mol. The number of carbonyl (C=O) groups is 2. The van der Waals surface area contributed by atoms with Gasteiger partial charge in [0.15, 0.2) is 0 Å². The highest BCUT2D eigenvalue weighted by atomic mass is 16.8. The Kier molecular flexibility index (Phi) is 6.11. The molecule has 0 bridgehead atoms. The van der Waals surface area contributed by atoms with E-state index in [0.717, 1.165) is 12.4 Å². The van der Waals surface area contributed by atoms with Gasteiger partial charge in [0.25, 0.3) is 0 Å². The van der Waals surface area contributed by atoms with Crippen LogP contribution in [0.4, 0.5) is 9.59 Å². The van der Waals surface area contributed by atoms with Crippen molar-refractivity contribution in [3.8, 4) is 0 Å². The van der Waals surface area contributed by atoms with Gasteiger partial charge in [-0.1, -0.05) is 0 Å². The van der Waals surface area contributed by atoms with Gasteiger partial charge in [-0.2, -0.15) is 10.2 Å². The minimum atomic E-state index is -1.32. The van der Waals surface area contributed by atoms with Crippen molar-refractivity contribution < 1.29 is 14.8 Å². The highest BCUT2D eigenvalue weighted by molar-refractivity contribution is 5.89. The van der Waals surface area contributed by atoms with Crippen LogP contribution in [0.3, 0.4) is 0 Å². The average Bonchev–Trinajstić information content (AvgIpc) is 2.14. The zero-order valence-corrected chi connectivity index (χ0v) is 7.90. The van der Waals surface area contributed by atoms with Gasteiger partial charge in [0, 0.05) is 12.4 Å². The zero-order valence-electron chi connectivity index (χ0n) is 7.90. The van der Waals surface area contributed by atoms with Crippen molar-refractivity contribution in [3.63, 3.8) is 0 Å². The Labute approximate surface area is 89.3 Å². The maximum absolute atomic E-state index is 10.5. The number of hydrogen-bond donors (Lipinski definition) is 5. The van der Waals surface area contributed by atoms with Crippen LogP contribution in [0.5, 0.6) is 0 Å². The largest absolute Gasteiger partial charge is 0.761 e. The number of nitrogens with two attached hydrogens (primary N) is 2. The van der Waals surface area contributed by atoms with Gasteiger partial charge in [-0.05, 0) is 0 Å². The Morgan fingerprint density at radius 1 is 1.25 bits per heavy atom. The van der Waals surface area contributed by atoms with Gasteiger partial charge in [0.1, 0.15) is 0 Å². The second-order valence-electron chi connectivity index (χ2n) is 2.30. The molecule has 0 aromatic carbocycles. The molecule has 11 nitrogen and oxygen atoms in total. The number of nitrogens with one attached hydrogen (secondary N) is 2. The minimum Gasteiger partial charge on any atom is -0.761 e. The smallest absolute Gasteiger partial charge is 0.332 e. The number of rotatable bonds is 5. The first-order chi connectivity index (χ1) is 7.43. The van der Waals surface area contributed by atoms with Crippen LogP contribution < -0.4 is 22.3 Å². The van der Waals surface area contributed by atoms with E-state index in [4.69, 9.17) is 5.21 Å². The second kappa shape index (κ2) is 7.10. The maximum Gasteiger partial charge on any atom is 0.332 e. The van der Waals surface area contributed by atoms with Crippen molar-refractivity contribution in [2.45, 2.75) is 6.04 Å². The molecule has 0 unspecified atom stereocenters. The summed E-state index contributed by atoms with van der Waals surface area (Å²) in [6.45, 7) is 0. The molecule has 0 aromatic rings. The van der Waals surface area contributed by atoms with Crippen LogP contribution in [-0.2, 0) is 0 Å². The van der Waals surface area contributed by atoms with E-state index in [-0.39, 0.29) is 0 Å². The number of hydroxylamine groups is 2. The van der Waals surface area contributed by atoms with Crippen molar-refractivity contribution >= 4 is 24.5 Å². The summed E-state index contributed by atoms with van der Waals surface area (Å²) in [5.74, 6) is 0. The topological polar surface area (TPSA) is 181 Å². The fraction of sp³-hybridized carbons (Fsp3) is 0.200. The van der Waals surface area contributed by atoms with Crippen molar-refractivity contribution in [1.82, 2.24) is 16.1 Å². The fourth-order valence-electron chi connectivity index (χ4n) is 0.507. The summed E-state index contributed by atoms with van der Waals surface area (Å²) in [6, 6.07) is -3.21. The molecule has 0 aliphatic heterocycles. The van der Waals surface area contributed by atoms with Gasteiger partial charge in [0.05, 0.1) is 6.04 Å². The average molecular weight is 232 g/mol. The third-order valence-corrected chi connectivity index (χ3v) is 1.06. The first-order valence-corrected chi connectivity index (χ1v) is 3.76. The van der Waals surface area contributed by atoms with E-state index in [9.17, 15) is 14.8 Å². The summed E-state index contributed by atoms with van der Waals surface area (Å²) < 4.78 is 0. The lowest BCUT2D eigenvalue weighted by molar-refractivity contribution is -0.0382. The molecule has 90 valence electrons. The number of primary amides is 2.